The molecular weight excluding hydrogens is 326 g/mol. The second-order valence-corrected chi connectivity index (χ2v) is 8.12. The van der Waals surface area contributed by atoms with Crippen LogP contribution in [-0.2, 0) is 16.6 Å². The Morgan fingerprint density at radius 3 is 2.47 bits per heavy atom. The van der Waals surface area contributed by atoms with Gasteiger partial charge in [-0.3, -0.25) is 0 Å². The van der Waals surface area contributed by atoms with Crippen molar-refractivity contribution >= 4 is 37.3 Å². The Bertz CT molecular complexity index is 482. The van der Waals surface area contributed by atoms with Gasteiger partial charge >= 0.3 is 0 Å². The van der Waals surface area contributed by atoms with E-state index in [-0.39, 0.29) is 17.5 Å². The number of thiophene rings is 1. The quantitative estimate of drug-likeness (QED) is 0.894. The first kappa shape index (κ1) is 15.1. The first-order chi connectivity index (χ1) is 7.84. The lowest BCUT2D eigenvalue weighted by atomic mass is 10.4. The summed E-state index contributed by atoms with van der Waals surface area (Å²) in [4.78, 5) is 0.873. The maximum atomic E-state index is 12.4. The minimum Gasteiger partial charge on any atom is -0.391 e. The summed E-state index contributed by atoms with van der Waals surface area (Å²) in [5.74, 6) is 0. The number of nitrogens with zero attached hydrogens (tertiary/aromatic N) is 1. The van der Waals surface area contributed by atoms with Crippen LogP contribution >= 0.6 is 27.3 Å². The van der Waals surface area contributed by atoms with Gasteiger partial charge in [-0.15, -0.1) is 11.3 Å². The van der Waals surface area contributed by atoms with Crippen molar-refractivity contribution in [3.63, 3.8) is 0 Å². The average Bonchev–Trinajstić information content (AvgIpc) is 2.60. The molecule has 17 heavy (non-hydrogen) atoms. The molecule has 1 aromatic heterocycles. The fraction of sp³-hybridized carbons (Fsp3) is 0.600. The van der Waals surface area contributed by atoms with Crippen LogP contribution in [0.25, 0.3) is 0 Å². The molecule has 7 heteroatoms. The van der Waals surface area contributed by atoms with Crippen LogP contribution in [0, 0.1) is 0 Å². The predicted molar refractivity (Wildman–Crippen MR) is 72.6 cm³/mol. The Hall–Kier alpha value is 0.0500. The second kappa shape index (κ2) is 5.79. The van der Waals surface area contributed by atoms with Gasteiger partial charge in [0.25, 0.3) is 0 Å². The van der Waals surface area contributed by atoms with Gasteiger partial charge < -0.3 is 5.11 Å². The number of rotatable bonds is 5. The summed E-state index contributed by atoms with van der Waals surface area (Å²) in [5.41, 5.74) is 0. The van der Waals surface area contributed by atoms with Crippen molar-refractivity contribution in [2.45, 2.75) is 38.3 Å². The number of hydrogen-bond donors (Lipinski definition) is 1. The molecule has 0 unspecified atom stereocenters. The van der Waals surface area contributed by atoms with Crippen LogP contribution in [0.2, 0.25) is 0 Å². The van der Waals surface area contributed by atoms with Crippen LogP contribution < -0.4 is 0 Å². The molecule has 0 saturated heterocycles. The van der Waals surface area contributed by atoms with Gasteiger partial charge in [-0.2, -0.15) is 4.31 Å². The molecule has 1 rings (SSSR count). The van der Waals surface area contributed by atoms with Gasteiger partial charge in [0.05, 0.1) is 10.4 Å². The van der Waals surface area contributed by atoms with E-state index >= 15 is 0 Å². The number of aliphatic hydroxyl groups is 1. The summed E-state index contributed by atoms with van der Waals surface area (Å²) >= 11 is 4.48. The fourth-order valence-electron chi connectivity index (χ4n) is 1.59. The van der Waals surface area contributed by atoms with Gasteiger partial charge in [-0.25, -0.2) is 8.42 Å². The summed E-state index contributed by atoms with van der Waals surface area (Å²) in [5, 5.41) is 9.03. The maximum absolute atomic E-state index is 12.4. The zero-order valence-corrected chi connectivity index (χ0v) is 13.2. The van der Waals surface area contributed by atoms with E-state index in [9.17, 15) is 8.42 Å². The highest BCUT2D eigenvalue weighted by atomic mass is 79.9. The Morgan fingerprint density at radius 2 is 2.12 bits per heavy atom. The van der Waals surface area contributed by atoms with Crippen LogP contribution in [0.1, 0.15) is 25.6 Å². The van der Waals surface area contributed by atoms with Gasteiger partial charge in [0.1, 0.15) is 4.90 Å². The Labute approximate surface area is 114 Å². The molecule has 0 spiro atoms. The molecule has 1 N–H and O–H groups in total. The average molecular weight is 342 g/mol. The first-order valence-electron chi connectivity index (χ1n) is 5.25. The molecule has 4 nitrogen and oxygen atoms in total. The summed E-state index contributed by atoms with van der Waals surface area (Å²) in [6, 6.07) is 1.43. The lowest BCUT2D eigenvalue weighted by molar-refractivity contribution is 0.285. The number of hydrogen-bond acceptors (Lipinski definition) is 4. The van der Waals surface area contributed by atoms with E-state index < -0.39 is 10.0 Å². The van der Waals surface area contributed by atoms with Crippen molar-refractivity contribution in [2.24, 2.45) is 0 Å². The standard InChI is InChI=1S/C10H16BrNO3S2/c1-4-12(7(2)3)17(14,15)9-5-8(6-13)16-10(9)11/h5,7,13H,4,6H2,1-3H3. The summed E-state index contributed by atoms with van der Waals surface area (Å²) < 4.78 is 26.7. The minimum atomic E-state index is -3.48. The van der Waals surface area contributed by atoms with E-state index in [1.807, 2.05) is 20.8 Å². The molecular formula is C10H16BrNO3S2. The lowest BCUT2D eigenvalue weighted by Crippen LogP contribution is -2.36. The van der Waals surface area contributed by atoms with Gasteiger partial charge in [-0.05, 0) is 35.8 Å². The Balaban J connectivity index is 3.24. The molecule has 0 aliphatic rings. The summed E-state index contributed by atoms with van der Waals surface area (Å²) in [6.45, 7) is 5.77. The van der Waals surface area contributed by atoms with Crippen molar-refractivity contribution in [1.29, 1.82) is 0 Å². The van der Waals surface area contributed by atoms with Gasteiger partial charge in [0.2, 0.25) is 10.0 Å². The van der Waals surface area contributed by atoms with Crippen molar-refractivity contribution < 1.29 is 13.5 Å². The van der Waals surface area contributed by atoms with E-state index in [2.05, 4.69) is 15.9 Å². The summed E-state index contributed by atoms with van der Waals surface area (Å²) in [7, 11) is -3.48. The summed E-state index contributed by atoms with van der Waals surface area (Å²) in [6.07, 6.45) is 0. The second-order valence-electron chi connectivity index (χ2n) is 3.81. The number of aliphatic hydroxyl groups excluding tert-OH is 1. The van der Waals surface area contributed by atoms with Crippen LogP contribution in [0.5, 0.6) is 0 Å². The monoisotopic (exact) mass is 341 g/mol. The van der Waals surface area contributed by atoms with E-state index in [1.165, 1.54) is 21.7 Å². The van der Waals surface area contributed by atoms with Gasteiger partial charge in [-0.1, -0.05) is 6.92 Å². The van der Waals surface area contributed by atoms with Crippen molar-refractivity contribution in [1.82, 2.24) is 4.31 Å². The van der Waals surface area contributed by atoms with E-state index in [4.69, 9.17) is 5.11 Å². The van der Waals surface area contributed by atoms with Gasteiger partial charge in [0, 0.05) is 17.5 Å². The Morgan fingerprint density at radius 1 is 1.53 bits per heavy atom. The van der Waals surface area contributed by atoms with E-state index in [0.29, 0.717) is 15.2 Å². The molecule has 0 atom stereocenters. The van der Waals surface area contributed by atoms with Crippen LogP contribution in [0.15, 0.2) is 14.7 Å². The third-order valence-electron chi connectivity index (χ3n) is 2.34. The zero-order valence-electron chi connectivity index (χ0n) is 9.97. The van der Waals surface area contributed by atoms with E-state index in [0.717, 1.165) is 0 Å². The topological polar surface area (TPSA) is 57.6 Å². The molecule has 0 amide bonds. The highest BCUT2D eigenvalue weighted by molar-refractivity contribution is 9.11. The van der Waals surface area contributed by atoms with Crippen LogP contribution in [0.3, 0.4) is 0 Å². The zero-order chi connectivity index (χ0) is 13.2. The SMILES string of the molecule is CCN(C(C)C)S(=O)(=O)c1cc(CO)sc1Br. The molecule has 0 aliphatic heterocycles. The predicted octanol–water partition coefficient (Wildman–Crippen LogP) is 2.42. The van der Waals surface area contributed by atoms with Crippen molar-refractivity contribution in [3.8, 4) is 0 Å². The minimum absolute atomic E-state index is 0.0885. The molecule has 0 saturated carbocycles. The molecule has 0 bridgehead atoms. The fourth-order valence-corrected chi connectivity index (χ4v) is 5.73. The Kier molecular flexibility index (Phi) is 5.15. The number of halogens is 1. The lowest BCUT2D eigenvalue weighted by Gasteiger charge is -2.23. The van der Waals surface area contributed by atoms with Crippen LogP contribution in [0.4, 0.5) is 0 Å². The normalized spacial score (nSPS) is 12.6. The van der Waals surface area contributed by atoms with E-state index in [1.54, 1.807) is 0 Å². The molecule has 0 radical (unpaired) electrons. The molecule has 0 aromatic carbocycles. The molecule has 1 heterocycles. The third kappa shape index (κ3) is 3.08. The highest BCUT2D eigenvalue weighted by Crippen LogP contribution is 2.34. The third-order valence-corrected chi connectivity index (χ3v) is 6.72. The smallest absolute Gasteiger partial charge is 0.245 e. The molecule has 0 fully saturated rings. The molecule has 98 valence electrons. The van der Waals surface area contributed by atoms with Gasteiger partial charge in [0.15, 0.2) is 0 Å². The molecule has 0 aliphatic carbocycles. The van der Waals surface area contributed by atoms with Crippen molar-refractivity contribution in [3.05, 3.63) is 14.7 Å². The largest absolute Gasteiger partial charge is 0.391 e. The molecule has 1 aromatic rings. The highest BCUT2D eigenvalue weighted by Gasteiger charge is 2.29. The van der Waals surface area contributed by atoms with Crippen molar-refractivity contribution in [2.75, 3.05) is 6.54 Å². The first-order valence-corrected chi connectivity index (χ1v) is 8.30. The van der Waals surface area contributed by atoms with Crippen LogP contribution in [-0.4, -0.2) is 30.4 Å². The number of sulfonamides is 1. The maximum Gasteiger partial charge on any atom is 0.245 e.